The van der Waals surface area contributed by atoms with Crippen LogP contribution < -0.4 is 24.2 Å². The number of hydrogen-bond acceptors (Lipinski definition) is 6. The van der Waals surface area contributed by atoms with Gasteiger partial charge in [-0.3, -0.25) is 10.1 Å². The summed E-state index contributed by atoms with van der Waals surface area (Å²) < 4.78 is 6.86. The van der Waals surface area contributed by atoms with Gasteiger partial charge in [0.15, 0.2) is 5.82 Å². The number of carbonyl (C=O) groups is 2. The number of rotatable bonds is 4. The van der Waals surface area contributed by atoms with Crippen LogP contribution in [-0.4, -0.2) is 37.5 Å². The van der Waals surface area contributed by atoms with Crippen molar-refractivity contribution in [3.63, 3.8) is 0 Å². The van der Waals surface area contributed by atoms with E-state index in [1.165, 1.54) is 0 Å². The molecule has 2 rings (SSSR count). The normalized spacial score (nSPS) is 10.2. The van der Waals surface area contributed by atoms with Crippen molar-refractivity contribution in [3.8, 4) is 17.3 Å². The van der Waals surface area contributed by atoms with E-state index >= 15 is 0 Å². The average Bonchev–Trinajstić information content (AvgIpc) is 2.99. The molecule has 0 bridgehead atoms. The molecule has 30 heavy (non-hydrogen) atoms. The predicted molar refractivity (Wildman–Crippen MR) is 107 cm³/mol. The number of anilines is 1. The molecule has 0 aliphatic carbocycles. The van der Waals surface area contributed by atoms with E-state index in [0.29, 0.717) is 17.1 Å². The Morgan fingerprint density at radius 1 is 1.40 bits per heavy atom. The summed E-state index contributed by atoms with van der Waals surface area (Å²) in [7, 11) is 0. The van der Waals surface area contributed by atoms with E-state index in [1.807, 2.05) is 13.8 Å². The summed E-state index contributed by atoms with van der Waals surface area (Å²) in [6.45, 7) is 10.7. The van der Waals surface area contributed by atoms with Crippen LogP contribution in [0.1, 0.15) is 59.6 Å². The van der Waals surface area contributed by atoms with Gasteiger partial charge in [-0.1, -0.05) is 24.9 Å². The second-order valence-corrected chi connectivity index (χ2v) is 7.27. The van der Waals surface area contributed by atoms with Crippen LogP contribution in [0.15, 0.2) is 18.3 Å². The van der Waals surface area contributed by atoms with Crippen molar-refractivity contribution in [1.82, 2.24) is 14.8 Å². The molecule has 2 aromatic rings. The Labute approximate surface area is 188 Å². The van der Waals surface area contributed by atoms with Crippen molar-refractivity contribution in [2.24, 2.45) is 0 Å². The molecule has 0 atom stereocenters. The topological polar surface area (TPSA) is 130 Å². The van der Waals surface area contributed by atoms with E-state index in [0.717, 1.165) is 0 Å². The molecule has 0 aliphatic rings. The van der Waals surface area contributed by atoms with E-state index < -0.39 is 17.7 Å². The standard InChI is InChI=1S/C17H20N5O2.C3H6O2.Li/c1-11(2)22-15(20-16(23)24-17(3,4)5)13(9-18)14(21-22)12-7-6-8-19-10-12;1-2-3(4)5;/h6-7,10-11H,1-5H3,(H,20,23);2H2,1H3,(H,4,5);/q-1;;+1. The third-order valence-corrected chi connectivity index (χ3v) is 3.32. The summed E-state index contributed by atoms with van der Waals surface area (Å²) in [5.41, 5.74) is 0.764. The summed E-state index contributed by atoms with van der Waals surface area (Å²) in [6, 6.07) is 5.46. The number of amides is 1. The number of nitrogens with zero attached hydrogens (tertiary/aromatic N) is 4. The number of carbonyl (C=O) groups excluding carboxylic acids is 1. The third-order valence-electron chi connectivity index (χ3n) is 3.32. The van der Waals surface area contributed by atoms with Gasteiger partial charge in [0.2, 0.25) is 0 Å². The van der Waals surface area contributed by atoms with Crippen molar-refractivity contribution in [2.75, 3.05) is 5.32 Å². The van der Waals surface area contributed by atoms with E-state index in [9.17, 15) is 14.9 Å². The minimum absolute atomic E-state index is 0. The monoisotopic (exact) mass is 407 g/mol. The first-order valence-corrected chi connectivity index (χ1v) is 9.07. The maximum absolute atomic E-state index is 12.1. The number of ether oxygens (including phenoxy) is 1. The first-order chi connectivity index (χ1) is 13.5. The minimum atomic E-state index is -0.745. The molecule has 2 N–H and O–H groups in total. The van der Waals surface area contributed by atoms with Gasteiger partial charge in [0.1, 0.15) is 17.2 Å². The summed E-state index contributed by atoms with van der Waals surface area (Å²) in [4.78, 5) is 25.4. The number of aliphatic carboxylic acids is 1. The molecule has 9 nitrogen and oxygen atoms in total. The fourth-order valence-electron chi connectivity index (χ4n) is 2.10. The molecule has 0 spiro atoms. The van der Waals surface area contributed by atoms with Crippen LogP contribution in [0, 0.1) is 17.5 Å². The average molecular weight is 407 g/mol. The predicted octanol–water partition coefficient (Wildman–Crippen LogP) is 1.03. The van der Waals surface area contributed by atoms with Crippen molar-refractivity contribution in [1.29, 1.82) is 5.26 Å². The molecule has 156 valence electrons. The Bertz CT molecular complexity index is 883. The van der Waals surface area contributed by atoms with Crippen molar-refractivity contribution in [3.05, 3.63) is 30.1 Å². The van der Waals surface area contributed by atoms with Crippen LogP contribution in [0.4, 0.5) is 10.6 Å². The Hall–Kier alpha value is -2.81. The first kappa shape index (κ1) is 27.2. The van der Waals surface area contributed by atoms with Gasteiger partial charge in [0.25, 0.3) is 0 Å². The Morgan fingerprint density at radius 2 is 2.00 bits per heavy atom. The van der Waals surface area contributed by atoms with Crippen molar-refractivity contribution < 1.29 is 38.3 Å². The third kappa shape index (κ3) is 8.28. The second kappa shape index (κ2) is 12.0. The number of nitrogens with one attached hydrogen (secondary N) is 1. The molecule has 0 unspecified atom stereocenters. The Kier molecular flexibility index (Phi) is 10.9. The number of hydrogen-bond donors (Lipinski definition) is 2. The van der Waals surface area contributed by atoms with Gasteiger partial charge >= 0.3 is 30.9 Å². The molecule has 1 amide bonds. The zero-order valence-corrected chi connectivity index (χ0v) is 18.5. The molecule has 10 heteroatoms. The van der Waals surface area contributed by atoms with Gasteiger partial charge in [0.05, 0.1) is 5.69 Å². The van der Waals surface area contributed by atoms with Gasteiger partial charge in [-0.05, 0) is 34.6 Å². The van der Waals surface area contributed by atoms with Gasteiger partial charge in [-0.15, -0.1) is 0 Å². The van der Waals surface area contributed by atoms with Gasteiger partial charge in [-0.2, -0.15) is 22.5 Å². The van der Waals surface area contributed by atoms with E-state index in [1.54, 1.807) is 50.7 Å². The number of carboxylic acid groups (broad SMARTS) is 1. The molecule has 0 aliphatic heterocycles. The van der Waals surface area contributed by atoms with Gasteiger partial charge in [-0.25, -0.2) is 9.48 Å². The Morgan fingerprint density at radius 3 is 2.40 bits per heavy atom. The first-order valence-electron chi connectivity index (χ1n) is 9.07. The quantitative estimate of drug-likeness (QED) is 0.572. The molecule has 0 radical (unpaired) electrons. The summed E-state index contributed by atoms with van der Waals surface area (Å²) in [5.74, 6) is -0.436. The van der Waals surface area contributed by atoms with Crippen LogP contribution in [-0.2, 0) is 9.53 Å². The molecule has 2 aromatic heterocycles. The molecule has 0 aromatic carbocycles. The number of pyridine rings is 1. The van der Waals surface area contributed by atoms with Crippen molar-refractivity contribution in [2.45, 2.75) is 59.6 Å². The minimum Gasteiger partial charge on any atom is -0.481 e. The van der Waals surface area contributed by atoms with Gasteiger partial charge in [0, 0.05) is 12.5 Å². The molecule has 0 saturated carbocycles. The van der Waals surface area contributed by atoms with Gasteiger partial charge < -0.3 is 14.8 Å². The van der Waals surface area contributed by atoms with Crippen LogP contribution in [0.3, 0.4) is 0 Å². The zero-order valence-electron chi connectivity index (χ0n) is 18.5. The molecule has 0 saturated heterocycles. The second-order valence-electron chi connectivity index (χ2n) is 7.27. The molecule has 0 fully saturated rings. The van der Waals surface area contributed by atoms with Crippen LogP contribution in [0.5, 0.6) is 0 Å². The van der Waals surface area contributed by atoms with Crippen molar-refractivity contribution >= 4 is 17.9 Å². The maximum Gasteiger partial charge on any atom is 1.00 e. The zero-order chi connectivity index (χ0) is 22.2. The largest absolute Gasteiger partial charge is 1.00 e. The van der Waals surface area contributed by atoms with E-state index in [2.05, 4.69) is 27.7 Å². The maximum atomic E-state index is 12.1. The molecular weight excluding hydrogens is 381 g/mol. The van der Waals surface area contributed by atoms with Crippen LogP contribution >= 0.6 is 0 Å². The fraction of sp³-hybridized carbons (Fsp3) is 0.450. The number of nitriles is 1. The molecule has 2 heterocycles. The SMILES string of the molecule is CC(C)n1nc(-c2cc[c-]nc2)c(C#N)c1NC(=O)OC(C)(C)C.CCC(=O)O.[Li+]. The summed E-state index contributed by atoms with van der Waals surface area (Å²) >= 11 is 0. The number of carboxylic acids is 1. The smallest absolute Gasteiger partial charge is 0.481 e. The molecular formula is C20H26LiN5O4. The summed E-state index contributed by atoms with van der Waals surface area (Å²) in [6.07, 6.45) is 3.85. The number of aromatic nitrogens is 3. The van der Waals surface area contributed by atoms with Crippen LogP contribution in [0.2, 0.25) is 0 Å². The van der Waals surface area contributed by atoms with E-state index in [4.69, 9.17) is 9.84 Å². The van der Waals surface area contributed by atoms with E-state index in [-0.39, 0.29) is 36.9 Å². The fourth-order valence-corrected chi connectivity index (χ4v) is 2.10. The Balaban J connectivity index is 0.00000125. The summed E-state index contributed by atoms with van der Waals surface area (Å²) in [5, 5.41) is 24.4. The van der Waals surface area contributed by atoms with Crippen LogP contribution in [0.25, 0.3) is 11.3 Å².